The minimum atomic E-state index is 0.0238. The zero-order chi connectivity index (χ0) is 13.1. The van der Waals surface area contributed by atoms with E-state index in [0.717, 1.165) is 11.5 Å². The van der Waals surface area contributed by atoms with Gasteiger partial charge in [0.05, 0.1) is 7.11 Å². The van der Waals surface area contributed by atoms with Crippen molar-refractivity contribution in [1.82, 2.24) is 5.32 Å². The van der Waals surface area contributed by atoms with E-state index in [4.69, 9.17) is 4.74 Å². The molecular weight excluding hydrogens is 230 g/mol. The smallest absolute Gasteiger partial charge is 0.186 e. The highest BCUT2D eigenvalue weighted by molar-refractivity contribution is 5.91. The van der Waals surface area contributed by atoms with E-state index < -0.39 is 0 Å². The summed E-state index contributed by atoms with van der Waals surface area (Å²) in [6.07, 6.45) is 7.73. The maximum atomic E-state index is 11.5. The molecule has 2 unspecified atom stereocenters. The van der Waals surface area contributed by atoms with Gasteiger partial charge in [-0.25, -0.2) is 0 Å². The van der Waals surface area contributed by atoms with Gasteiger partial charge in [0.15, 0.2) is 11.7 Å². The molecule has 0 saturated heterocycles. The number of aliphatic hydroxyl groups excluding tert-OH is 1. The van der Waals surface area contributed by atoms with E-state index in [1.165, 1.54) is 0 Å². The van der Waals surface area contributed by atoms with E-state index in [9.17, 15) is 9.90 Å². The van der Waals surface area contributed by atoms with Crippen molar-refractivity contribution in [3.63, 3.8) is 0 Å². The molecule has 0 fully saturated rings. The molecule has 0 aromatic rings. The lowest BCUT2D eigenvalue weighted by molar-refractivity contribution is -0.116. The van der Waals surface area contributed by atoms with Gasteiger partial charge in [-0.1, -0.05) is 12.2 Å². The Balaban J connectivity index is 2.24. The third-order valence-corrected chi connectivity index (χ3v) is 3.61. The van der Waals surface area contributed by atoms with Crippen LogP contribution in [0.4, 0.5) is 0 Å². The molecule has 0 amide bonds. The first-order chi connectivity index (χ1) is 8.65. The van der Waals surface area contributed by atoms with Crippen LogP contribution in [0.2, 0.25) is 0 Å². The number of hydrogen-bond acceptors (Lipinski definition) is 4. The molecule has 0 bridgehead atoms. The van der Waals surface area contributed by atoms with E-state index in [1.54, 1.807) is 13.2 Å². The summed E-state index contributed by atoms with van der Waals surface area (Å²) >= 11 is 0. The summed E-state index contributed by atoms with van der Waals surface area (Å²) in [5.74, 6) is 0.948. The highest BCUT2D eigenvalue weighted by atomic mass is 16.5. The predicted octanol–water partition coefficient (Wildman–Crippen LogP) is 1.15. The number of aliphatic hydroxyl groups is 1. The number of carbonyl (C=O) groups is 1. The molecule has 0 aromatic carbocycles. The lowest BCUT2D eigenvalue weighted by Crippen LogP contribution is -2.37. The van der Waals surface area contributed by atoms with Crippen molar-refractivity contribution >= 4 is 5.78 Å². The third kappa shape index (κ3) is 2.48. The van der Waals surface area contributed by atoms with Gasteiger partial charge in [0.25, 0.3) is 0 Å². The van der Waals surface area contributed by atoms with Gasteiger partial charge in [0.2, 0.25) is 0 Å². The molecule has 1 aliphatic heterocycles. The summed E-state index contributed by atoms with van der Waals surface area (Å²) < 4.78 is 5.15. The molecule has 1 heterocycles. The Morgan fingerprint density at radius 1 is 1.50 bits per heavy atom. The standard InChI is InChI=1S/C14H19NO3/c1-9-12(5-6-14(15-9)18-2)13-7-11(17)4-3-10(13)8-16/h3-6,9-10,13,15-16H,7-8H2,1-2H3/t9-,10?,13?/m0/s1. The third-order valence-electron chi connectivity index (χ3n) is 3.61. The molecule has 3 atom stereocenters. The fourth-order valence-corrected chi connectivity index (χ4v) is 2.59. The topological polar surface area (TPSA) is 58.6 Å². The van der Waals surface area contributed by atoms with Crippen LogP contribution in [-0.4, -0.2) is 30.6 Å². The molecular formula is C14H19NO3. The lowest BCUT2D eigenvalue weighted by atomic mass is 9.76. The Bertz CT molecular complexity index is 423. The summed E-state index contributed by atoms with van der Waals surface area (Å²) in [6, 6.07) is 0.114. The van der Waals surface area contributed by atoms with E-state index in [-0.39, 0.29) is 30.3 Å². The van der Waals surface area contributed by atoms with Crippen LogP contribution in [-0.2, 0) is 9.53 Å². The van der Waals surface area contributed by atoms with Gasteiger partial charge in [-0.05, 0) is 30.6 Å². The van der Waals surface area contributed by atoms with Gasteiger partial charge >= 0.3 is 0 Å². The fraction of sp³-hybridized carbons (Fsp3) is 0.500. The zero-order valence-electron chi connectivity index (χ0n) is 10.7. The van der Waals surface area contributed by atoms with Crippen LogP contribution in [0.25, 0.3) is 0 Å². The van der Waals surface area contributed by atoms with Crippen LogP contribution in [0, 0.1) is 11.8 Å². The Morgan fingerprint density at radius 3 is 2.89 bits per heavy atom. The molecule has 2 aliphatic rings. The number of nitrogens with one attached hydrogen (secondary N) is 1. The molecule has 0 radical (unpaired) electrons. The molecule has 1 aliphatic carbocycles. The first-order valence-corrected chi connectivity index (χ1v) is 6.20. The number of carbonyl (C=O) groups excluding carboxylic acids is 1. The Morgan fingerprint density at radius 2 is 2.28 bits per heavy atom. The van der Waals surface area contributed by atoms with Crippen molar-refractivity contribution < 1.29 is 14.6 Å². The normalized spacial score (nSPS) is 31.5. The molecule has 2 rings (SSSR count). The highest BCUT2D eigenvalue weighted by Gasteiger charge is 2.31. The summed E-state index contributed by atoms with van der Waals surface area (Å²) in [4.78, 5) is 11.5. The Labute approximate surface area is 107 Å². The Hall–Kier alpha value is -1.55. The van der Waals surface area contributed by atoms with E-state index in [2.05, 4.69) is 5.32 Å². The molecule has 2 N–H and O–H groups in total. The quantitative estimate of drug-likeness (QED) is 0.787. The van der Waals surface area contributed by atoms with Crippen molar-refractivity contribution in [3.8, 4) is 0 Å². The second-order valence-corrected chi connectivity index (χ2v) is 4.75. The molecule has 4 heteroatoms. The van der Waals surface area contributed by atoms with Gasteiger partial charge in [-0.3, -0.25) is 4.79 Å². The molecule has 0 aromatic heterocycles. The maximum absolute atomic E-state index is 11.5. The molecule has 4 nitrogen and oxygen atoms in total. The van der Waals surface area contributed by atoms with Gasteiger partial charge in [0, 0.05) is 25.0 Å². The maximum Gasteiger partial charge on any atom is 0.186 e. The molecule has 18 heavy (non-hydrogen) atoms. The van der Waals surface area contributed by atoms with E-state index >= 15 is 0 Å². The average Bonchev–Trinajstić information content (AvgIpc) is 2.38. The number of ketones is 1. The zero-order valence-corrected chi connectivity index (χ0v) is 10.7. The second kappa shape index (κ2) is 5.40. The van der Waals surface area contributed by atoms with Crippen molar-refractivity contribution in [2.75, 3.05) is 13.7 Å². The SMILES string of the molecule is COC1=CC=C(C2CC(=O)C=CC2CO)[C@H](C)N1. The van der Waals surface area contributed by atoms with Crippen molar-refractivity contribution in [3.05, 3.63) is 35.8 Å². The second-order valence-electron chi connectivity index (χ2n) is 4.75. The monoisotopic (exact) mass is 249 g/mol. The van der Waals surface area contributed by atoms with E-state index in [0.29, 0.717) is 6.42 Å². The number of dihydropyridines is 1. The number of methoxy groups -OCH3 is 1. The van der Waals surface area contributed by atoms with Crippen LogP contribution in [0.5, 0.6) is 0 Å². The first-order valence-electron chi connectivity index (χ1n) is 6.20. The average molecular weight is 249 g/mol. The minimum Gasteiger partial charge on any atom is -0.483 e. The first kappa shape index (κ1) is 12.9. The fourth-order valence-electron chi connectivity index (χ4n) is 2.59. The van der Waals surface area contributed by atoms with Crippen molar-refractivity contribution in [2.24, 2.45) is 11.8 Å². The van der Waals surface area contributed by atoms with Gasteiger partial charge < -0.3 is 15.2 Å². The molecule has 0 saturated carbocycles. The predicted molar refractivity (Wildman–Crippen MR) is 68.6 cm³/mol. The highest BCUT2D eigenvalue weighted by Crippen LogP contribution is 2.32. The Kier molecular flexibility index (Phi) is 3.87. The number of rotatable bonds is 3. The number of ether oxygens (including phenoxy) is 1. The van der Waals surface area contributed by atoms with Gasteiger partial charge in [-0.15, -0.1) is 0 Å². The molecule has 98 valence electrons. The summed E-state index contributed by atoms with van der Waals surface area (Å²) in [7, 11) is 1.62. The van der Waals surface area contributed by atoms with Crippen molar-refractivity contribution in [1.29, 1.82) is 0 Å². The van der Waals surface area contributed by atoms with Crippen LogP contribution < -0.4 is 5.32 Å². The van der Waals surface area contributed by atoms with Crippen molar-refractivity contribution in [2.45, 2.75) is 19.4 Å². The van der Waals surface area contributed by atoms with E-state index in [1.807, 2.05) is 25.2 Å². The van der Waals surface area contributed by atoms with Crippen LogP contribution in [0.15, 0.2) is 35.8 Å². The van der Waals surface area contributed by atoms with Crippen LogP contribution in [0.3, 0.4) is 0 Å². The summed E-state index contributed by atoms with van der Waals surface area (Å²) in [5, 5.41) is 12.6. The minimum absolute atomic E-state index is 0.0238. The van der Waals surface area contributed by atoms with Gasteiger partial charge in [-0.2, -0.15) is 0 Å². The summed E-state index contributed by atoms with van der Waals surface area (Å²) in [5.41, 5.74) is 1.15. The van der Waals surface area contributed by atoms with Crippen LogP contribution in [0.1, 0.15) is 13.3 Å². The van der Waals surface area contributed by atoms with Crippen LogP contribution >= 0.6 is 0 Å². The molecule has 0 spiro atoms. The largest absolute Gasteiger partial charge is 0.483 e. The number of hydrogen-bond donors (Lipinski definition) is 2. The van der Waals surface area contributed by atoms with Gasteiger partial charge in [0.1, 0.15) is 0 Å². The lowest BCUT2D eigenvalue weighted by Gasteiger charge is -2.33. The number of allylic oxidation sites excluding steroid dienone is 3. The summed E-state index contributed by atoms with van der Waals surface area (Å²) in [6.45, 7) is 2.11.